The number of carbonyl (C=O) groups excluding carboxylic acids is 2. The van der Waals surface area contributed by atoms with Gasteiger partial charge >= 0.3 is 0 Å². The Morgan fingerprint density at radius 3 is 2.21 bits per heavy atom. The van der Waals surface area contributed by atoms with Crippen molar-refractivity contribution in [3.63, 3.8) is 0 Å². The fourth-order valence-electron chi connectivity index (χ4n) is 5.46. The minimum atomic E-state index is -0.632. The van der Waals surface area contributed by atoms with Gasteiger partial charge in [0.1, 0.15) is 6.04 Å². The molecule has 3 N–H and O–H groups in total. The number of rotatable bonds is 8. The second kappa shape index (κ2) is 11.2. The molecule has 182 valence electrons. The minimum Gasteiger partial charge on any atom is -0.343 e. The van der Waals surface area contributed by atoms with Crippen molar-refractivity contribution in [1.29, 1.82) is 0 Å². The van der Waals surface area contributed by atoms with Crippen LogP contribution in [0.25, 0.3) is 0 Å². The zero-order valence-corrected chi connectivity index (χ0v) is 20.4. The maximum absolute atomic E-state index is 13.6. The van der Waals surface area contributed by atoms with E-state index in [1.165, 1.54) is 11.1 Å². The molecule has 2 saturated heterocycles. The molecule has 0 bridgehead atoms. The zero-order valence-electron chi connectivity index (χ0n) is 20.4. The standard InChI is InChI=1S/C28H38N4O2/c1-3-26(30-27(33)20(2)29)28(34)32-18-24(22-12-8-5-9-13-22)16-25(32)19-31-15-14-23(17-31)21-10-6-4-7-11-21/h4-13,20,23-26H,3,14-19,29H2,1-2H3,(H,30,33)/t20?,23-,24+,25+,26+/m1/s1. The van der Waals surface area contributed by atoms with Gasteiger partial charge in [-0.3, -0.25) is 9.59 Å². The maximum atomic E-state index is 13.6. The molecular formula is C28H38N4O2. The summed E-state index contributed by atoms with van der Waals surface area (Å²) in [5.74, 6) is 0.592. The molecule has 0 spiro atoms. The van der Waals surface area contributed by atoms with Crippen LogP contribution in [-0.4, -0.2) is 65.9 Å². The van der Waals surface area contributed by atoms with Gasteiger partial charge in [0.2, 0.25) is 11.8 Å². The molecule has 0 aromatic heterocycles. The molecule has 4 rings (SSSR count). The Morgan fingerprint density at radius 1 is 1.00 bits per heavy atom. The lowest BCUT2D eigenvalue weighted by Crippen LogP contribution is -2.54. The Hall–Kier alpha value is -2.70. The average molecular weight is 463 g/mol. The highest BCUT2D eigenvalue weighted by atomic mass is 16.2. The van der Waals surface area contributed by atoms with Crippen molar-refractivity contribution in [2.24, 2.45) is 5.73 Å². The molecule has 0 aliphatic carbocycles. The van der Waals surface area contributed by atoms with Gasteiger partial charge in [-0.15, -0.1) is 0 Å². The van der Waals surface area contributed by atoms with Gasteiger partial charge in [-0.1, -0.05) is 67.6 Å². The Bertz CT molecular complexity index is 949. The summed E-state index contributed by atoms with van der Waals surface area (Å²) >= 11 is 0. The van der Waals surface area contributed by atoms with Gasteiger partial charge in [-0.2, -0.15) is 0 Å². The third-order valence-electron chi connectivity index (χ3n) is 7.42. The van der Waals surface area contributed by atoms with Crippen LogP contribution in [0.4, 0.5) is 0 Å². The van der Waals surface area contributed by atoms with E-state index in [2.05, 4.69) is 64.8 Å². The predicted molar refractivity (Wildman–Crippen MR) is 135 cm³/mol. The van der Waals surface area contributed by atoms with E-state index in [0.717, 1.165) is 32.5 Å². The number of carbonyl (C=O) groups is 2. The zero-order chi connectivity index (χ0) is 24.1. The van der Waals surface area contributed by atoms with Gasteiger partial charge in [0.25, 0.3) is 0 Å². The molecular weight excluding hydrogens is 424 g/mol. The number of hydrogen-bond donors (Lipinski definition) is 2. The van der Waals surface area contributed by atoms with Crippen molar-refractivity contribution >= 4 is 11.8 Å². The van der Waals surface area contributed by atoms with Gasteiger partial charge in [0.05, 0.1) is 6.04 Å². The summed E-state index contributed by atoms with van der Waals surface area (Å²) in [5, 5.41) is 2.87. The van der Waals surface area contributed by atoms with Crippen molar-refractivity contribution in [1.82, 2.24) is 15.1 Å². The Kier molecular flexibility index (Phi) is 8.01. The summed E-state index contributed by atoms with van der Waals surface area (Å²) in [6, 6.07) is 20.2. The van der Waals surface area contributed by atoms with Crippen LogP contribution in [0.1, 0.15) is 56.1 Å². The van der Waals surface area contributed by atoms with Crippen LogP contribution >= 0.6 is 0 Å². The van der Waals surface area contributed by atoms with Crippen LogP contribution in [0, 0.1) is 0 Å². The number of nitrogens with two attached hydrogens (primary N) is 1. The molecule has 2 amide bonds. The topological polar surface area (TPSA) is 78.7 Å². The van der Waals surface area contributed by atoms with Crippen LogP contribution in [0.2, 0.25) is 0 Å². The van der Waals surface area contributed by atoms with Crippen molar-refractivity contribution in [2.75, 3.05) is 26.2 Å². The van der Waals surface area contributed by atoms with Crippen LogP contribution in [0.15, 0.2) is 60.7 Å². The number of benzene rings is 2. The lowest BCUT2D eigenvalue weighted by molar-refractivity contribution is -0.137. The van der Waals surface area contributed by atoms with Gasteiger partial charge in [0.15, 0.2) is 0 Å². The van der Waals surface area contributed by atoms with Gasteiger partial charge in [-0.25, -0.2) is 0 Å². The molecule has 6 nitrogen and oxygen atoms in total. The summed E-state index contributed by atoms with van der Waals surface area (Å²) in [6.07, 6.45) is 2.64. The first kappa shape index (κ1) is 24.4. The number of nitrogens with zero attached hydrogens (tertiary/aromatic N) is 2. The highest BCUT2D eigenvalue weighted by molar-refractivity contribution is 5.89. The van der Waals surface area contributed by atoms with Crippen molar-refractivity contribution < 1.29 is 9.59 Å². The molecule has 0 radical (unpaired) electrons. The molecule has 2 fully saturated rings. The second-order valence-corrected chi connectivity index (χ2v) is 9.90. The molecule has 2 aliphatic heterocycles. The third kappa shape index (κ3) is 5.68. The Morgan fingerprint density at radius 2 is 1.62 bits per heavy atom. The predicted octanol–water partition coefficient (Wildman–Crippen LogP) is 3.10. The average Bonchev–Trinajstić information content (AvgIpc) is 3.51. The van der Waals surface area contributed by atoms with E-state index in [0.29, 0.717) is 24.8 Å². The quantitative estimate of drug-likeness (QED) is 0.632. The molecule has 34 heavy (non-hydrogen) atoms. The summed E-state index contributed by atoms with van der Waals surface area (Å²) in [5.41, 5.74) is 8.42. The highest BCUT2D eigenvalue weighted by Crippen LogP contribution is 2.34. The van der Waals surface area contributed by atoms with E-state index in [4.69, 9.17) is 5.73 Å². The van der Waals surface area contributed by atoms with Crippen LogP contribution in [0.5, 0.6) is 0 Å². The smallest absolute Gasteiger partial charge is 0.245 e. The van der Waals surface area contributed by atoms with E-state index in [9.17, 15) is 9.59 Å². The lowest BCUT2D eigenvalue weighted by Gasteiger charge is -2.31. The molecule has 5 atom stereocenters. The first-order valence-corrected chi connectivity index (χ1v) is 12.6. The Labute approximate surface area is 203 Å². The number of hydrogen-bond acceptors (Lipinski definition) is 4. The Balaban J connectivity index is 1.48. The van der Waals surface area contributed by atoms with Crippen molar-refractivity contribution in [3.05, 3.63) is 71.8 Å². The summed E-state index contributed by atoms with van der Waals surface area (Å²) in [7, 11) is 0. The summed E-state index contributed by atoms with van der Waals surface area (Å²) in [6.45, 7) is 7.22. The maximum Gasteiger partial charge on any atom is 0.245 e. The van der Waals surface area contributed by atoms with Crippen LogP contribution < -0.4 is 11.1 Å². The van der Waals surface area contributed by atoms with E-state index in [-0.39, 0.29) is 17.9 Å². The van der Waals surface area contributed by atoms with E-state index >= 15 is 0 Å². The molecule has 1 unspecified atom stereocenters. The van der Waals surface area contributed by atoms with Gasteiger partial charge in [0, 0.05) is 31.6 Å². The fraction of sp³-hybridized carbons (Fsp3) is 0.500. The molecule has 0 saturated carbocycles. The van der Waals surface area contributed by atoms with Gasteiger partial charge < -0.3 is 20.9 Å². The molecule has 2 aromatic rings. The first-order chi connectivity index (χ1) is 16.5. The normalized spacial score (nSPS) is 24.7. The second-order valence-electron chi connectivity index (χ2n) is 9.90. The lowest BCUT2D eigenvalue weighted by atomic mass is 9.96. The van der Waals surface area contributed by atoms with Gasteiger partial charge in [-0.05, 0) is 49.8 Å². The van der Waals surface area contributed by atoms with E-state index in [1.807, 2.05) is 17.9 Å². The molecule has 6 heteroatoms. The van der Waals surface area contributed by atoms with Crippen molar-refractivity contribution in [2.45, 2.75) is 63.1 Å². The monoisotopic (exact) mass is 462 g/mol. The highest BCUT2D eigenvalue weighted by Gasteiger charge is 2.40. The molecule has 2 aliphatic rings. The number of likely N-dealkylation sites (tertiary alicyclic amines) is 2. The van der Waals surface area contributed by atoms with E-state index in [1.54, 1.807) is 6.92 Å². The largest absolute Gasteiger partial charge is 0.343 e. The van der Waals surface area contributed by atoms with E-state index < -0.39 is 12.1 Å². The van der Waals surface area contributed by atoms with Crippen LogP contribution in [-0.2, 0) is 9.59 Å². The number of nitrogens with one attached hydrogen (secondary N) is 1. The third-order valence-corrected chi connectivity index (χ3v) is 7.42. The molecule has 2 aromatic carbocycles. The summed E-state index contributed by atoms with van der Waals surface area (Å²) < 4.78 is 0. The summed E-state index contributed by atoms with van der Waals surface area (Å²) in [4.78, 5) is 30.4. The first-order valence-electron chi connectivity index (χ1n) is 12.6. The molecule has 2 heterocycles. The van der Waals surface area contributed by atoms with Crippen LogP contribution in [0.3, 0.4) is 0 Å². The van der Waals surface area contributed by atoms with Crippen molar-refractivity contribution in [3.8, 4) is 0 Å². The fourth-order valence-corrected chi connectivity index (χ4v) is 5.46. The minimum absolute atomic E-state index is 0.0127. The SMILES string of the molecule is CC[C@H](NC(=O)C(C)N)C(=O)N1C[C@@H](c2ccccc2)C[C@H]1CN1CC[C@@H](c2ccccc2)C1. The number of amides is 2.